The molecular formula is H8B4O8P+. The highest BCUT2D eigenvalue weighted by Crippen LogP contribution is 2.61. The van der Waals surface area contributed by atoms with Crippen LogP contribution in [0.25, 0.3) is 0 Å². The van der Waals surface area contributed by atoms with Gasteiger partial charge < -0.3 is 40.2 Å². The number of rotatable bonds is 4. The van der Waals surface area contributed by atoms with Crippen molar-refractivity contribution in [3.8, 4) is 0 Å². The lowest BCUT2D eigenvalue weighted by atomic mass is 10.3. The molecule has 0 rings (SSSR count). The number of hydrogen-bond acceptors (Lipinski definition) is 8. The zero-order valence-electron chi connectivity index (χ0n) is 6.33. The standard InChI is InChI=1S/B4H8O8P/c5-1(6)13(2(7)8,3(9)10)4(11)12/h5-12H/q+1. The second-order valence-corrected chi connectivity index (χ2v) is 5.92. The van der Waals surface area contributed by atoms with Crippen LogP contribution in [0.15, 0.2) is 0 Å². The van der Waals surface area contributed by atoms with Gasteiger partial charge in [-0.15, -0.1) is 0 Å². The van der Waals surface area contributed by atoms with Crippen LogP contribution in [0, 0.1) is 0 Å². The van der Waals surface area contributed by atoms with E-state index in [0.717, 1.165) is 0 Å². The van der Waals surface area contributed by atoms with E-state index in [1.165, 1.54) is 0 Å². The highest BCUT2D eigenvalue weighted by Gasteiger charge is 2.77. The summed E-state index contributed by atoms with van der Waals surface area (Å²) in [6, 6.07) is 0. The maximum atomic E-state index is 8.62. The van der Waals surface area contributed by atoms with Gasteiger partial charge >= 0.3 is 27.4 Å². The molecule has 0 aliphatic heterocycles. The molecule has 0 aromatic heterocycles. The Bertz CT molecular complexity index is 119. The van der Waals surface area contributed by atoms with E-state index < -0.39 is 34.1 Å². The van der Waals surface area contributed by atoms with E-state index in [9.17, 15) is 0 Å². The molecule has 0 atom stereocenters. The average Bonchev–Trinajstić information content (AvgIpc) is 1.82. The normalized spacial score (nSPS) is 11.1. The molecule has 8 N–H and O–H groups in total. The first-order valence-corrected chi connectivity index (χ1v) is 5.16. The topological polar surface area (TPSA) is 162 Å². The van der Waals surface area contributed by atoms with Gasteiger partial charge in [0.1, 0.15) is 0 Å². The molecule has 0 radical (unpaired) electrons. The quantitative estimate of drug-likeness (QED) is 0.169. The van der Waals surface area contributed by atoms with Crippen molar-refractivity contribution in [3.05, 3.63) is 0 Å². The fourth-order valence-electron chi connectivity index (χ4n) is 0.716. The Morgan fingerprint density at radius 1 is 0.462 bits per heavy atom. The van der Waals surface area contributed by atoms with E-state index in [-0.39, 0.29) is 0 Å². The molecule has 13 heteroatoms. The molecule has 0 heterocycles. The molecule has 0 amide bonds. The second-order valence-electron chi connectivity index (χ2n) is 2.28. The van der Waals surface area contributed by atoms with Crippen molar-refractivity contribution in [3.63, 3.8) is 0 Å². The molecule has 0 bridgehead atoms. The van der Waals surface area contributed by atoms with Crippen molar-refractivity contribution in [1.82, 2.24) is 0 Å². The molecule has 72 valence electrons. The Morgan fingerprint density at radius 2 is 0.615 bits per heavy atom. The fraction of sp³-hybridized carbons (Fsp3) is 0. The molecule has 0 aliphatic rings. The van der Waals surface area contributed by atoms with E-state index >= 15 is 0 Å². The Labute approximate surface area is 75.2 Å². The lowest BCUT2D eigenvalue weighted by Crippen LogP contribution is -2.48. The van der Waals surface area contributed by atoms with Crippen molar-refractivity contribution in [2.24, 2.45) is 0 Å². The van der Waals surface area contributed by atoms with E-state index in [1.54, 1.807) is 0 Å². The Hall–Kier alpha value is 0.370. The molecule has 0 aromatic rings. The third-order valence-electron chi connectivity index (χ3n) is 1.60. The van der Waals surface area contributed by atoms with Gasteiger partial charge in [0, 0.05) is 0 Å². The first-order valence-electron chi connectivity index (χ1n) is 3.10. The van der Waals surface area contributed by atoms with Crippen LogP contribution in [0.4, 0.5) is 0 Å². The third-order valence-corrected chi connectivity index (χ3v) is 4.80. The highest BCUT2D eigenvalue weighted by molar-refractivity contribution is 8.52. The molecule has 0 aromatic carbocycles. The molecule has 0 fully saturated rings. The van der Waals surface area contributed by atoms with Crippen molar-refractivity contribution in [2.75, 3.05) is 0 Å². The van der Waals surface area contributed by atoms with Crippen molar-refractivity contribution < 1.29 is 40.2 Å². The first kappa shape index (κ1) is 13.4. The fourth-order valence-corrected chi connectivity index (χ4v) is 2.15. The van der Waals surface area contributed by atoms with Crippen LogP contribution < -0.4 is 0 Å². The van der Waals surface area contributed by atoms with Crippen LogP contribution in [0.1, 0.15) is 0 Å². The summed E-state index contributed by atoms with van der Waals surface area (Å²) in [5.74, 6) is 0. The molecular weight excluding hydrogens is 202 g/mol. The van der Waals surface area contributed by atoms with E-state index in [4.69, 9.17) is 40.2 Å². The number of hydrogen-bond donors (Lipinski definition) is 8. The largest absolute Gasteiger partial charge is 0.628 e. The van der Waals surface area contributed by atoms with Crippen molar-refractivity contribution >= 4 is 34.1 Å². The first-order chi connectivity index (χ1) is 5.77. The zero-order valence-corrected chi connectivity index (χ0v) is 7.23. The predicted molar refractivity (Wildman–Crippen MR) is 47.7 cm³/mol. The van der Waals surface area contributed by atoms with Gasteiger partial charge in [-0.25, -0.2) is 0 Å². The van der Waals surface area contributed by atoms with Crippen LogP contribution in [-0.2, 0) is 0 Å². The maximum Gasteiger partial charge on any atom is 0.628 e. The highest BCUT2D eigenvalue weighted by atomic mass is 31.2. The Kier molecular flexibility index (Phi) is 4.87. The molecule has 13 heavy (non-hydrogen) atoms. The summed E-state index contributed by atoms with van der Waals surface area (Å²) >= 11 is 0. The van der Waals surface area contributed by atoms with Gasteiger partial charge in [0.2, 0.25) is 0 Å². The van der Waals surface area contributed by atoms with E-state index in [0.29, 0.717) is 0 Å². The van der Waals surface area contributed by atoms with Crippen LogP contribution in [-0.4, -0.2) is 67.5 Å². The van der Waals surface area contributed by atoms with Gasteiger partial charge in [-0.1, -0.05) is 0 Å². The third kappa shape index (κ3) is 2.24. The van der Waals surface area contributed by atoms with Crippen LogP contribution in [0.5, 0.6) is 0 Å². The van der Waals surface area contributed by atoms with Crippen LogP contribution in [0.3, 0.4) is 0 Å². The Balaban J connectivity index is 5.06. The molecule has 0 saturated heterocycles. The minimum absolute atomic E-state index is 2.62. The molecule has 8 nitrogen and oxygen atoms in total. The van der Waals surface area contributed by atoms with Gasteiger partial charge in [0.15, 0.2) is 0 Å². The van der Waals surface area contributed by atoms with Gasteiger partial charge in [0.25, 0.3) is 0 Å². The van der Waals surface area contributed by atoms with E-state index in [2.05, 4.69) is 0 Å². The molecule has 0 aliphatic carbocycles. The minimum atomic E-state index is -4.34. The lowest BCUT2D eigenvalue weighted by Gasteiger charge is -2.21. The summed E-state index contributed by atoms with van der Waals surface area (Å²) in [6.45, 7) is -14.8. The van der Waals surface area contributed by atoms with Gasteiger partial charge in [-0.05, 0) is 0 Å². The minimum Gasteiger partial charge on any atom is -0.393 e. The molecule has 0 unspecified atom stereocenters. The summed E-state index contributed by atoms with van der Waals surface area (Å²) in [5.41, 5.74) is 0. The monoisotopic (exact) mass is 211 g/mol. The van der Waals surface area contributed by atoms with Crippen molar-refractivity contribution in [2.45, 2.75) is 0 Å². The second kappa shape index (κ2) is 4.74. The summed E-state index contributed by atoms with van der Waals surface area (Å²) in [4.78, 5) is 0. The van der Waals surface area contributed by atoms with Gasteiger partial charge in [0.05, 0.1) is 6.78 Å². The van der Waals surface area contributed by atoms with Gasteiger partial charge in [-0.3, -0.25) is 0 Å². The summed E-state index contributed by atoms with van der Waals surface area (Å²) in [5, 5.41) is 69.0. The van der Waals surface area contributed by atoms with Gasteiger partial charge in [-0.2, -0.15) is 0 Å². The summed E-state index contributed by atoms with van der Waals surface area (Å²) in [7, 11) is 0. The zero-order chi connectivity index (χ0) is 10.8. The summed E-state index contributed by atoms with van der Waals surface area (Å²) in [6.07, 6.45) is 0. The lowest BCUT2D eigenvalue weighted by molar-refractivity contribution is 0.407. The smallest absolute Gasteiger partial charge is 0.393 e. The summed E-state index contributed by atoms with van der Waals surface area (Å²) < 4.78 is 0. The average molecular weight is 210 g/mol. The maximum absolute atomic E-state index is 8.62. The van der Waals surface area contributed by atoms with Crippen LogP contribution >= 0.6 is 6.78 Å². The SMILES string of the molecule is OB(O)[P+](B(O)O)(B(O)O)B(O)O. The Morgan fingerprint density at radius 3 is 0.615 bits per heavy atom. The predicted octanol–water partition coefficient (Wildman–Crippen LogP) is -5.12. The van der Waals surface area contributed by atoms with Crippen molar-refractivity contribution in [1.29, 1.82) is 0 Å². The molecule has 0 spiro atoms. The molecule has 0 saturated carbocycles. The van der Waals surface area contributed by atoms with Crippen LogP contribution in [0.2, 0.25) is 0 Å². The van der Waals surface area contributed by atoms with E-state index in [1.807, 2.05) is 0 Å².